The summed E-state index contributed by atoms with van der Waals surface area (Å²) >= 11 is 0. The summed E-state index contributed by atoms with van der Waals surface area (Å²) in [5, 5.41) is 2.79. The number of anilines is 2. The van der Waals surface area contributed by atoms with Crippen LogP contribution in [-0.2, 0) is 14.3 Å². The van der Waals surface area contributed by atoms with Crippen molar-refractivity contribution in [3.63, 3.8) is 0 Å². The molecule has 0 radical (unpaired) electrons. The molecule has 0 saturated carbocycles. The van der Waals surface area contributed by atoms with E-state index in [1.807, 2.05) is 13.0 Å². The second kappa shape index (κ2) is 6.98. The average molecular weight is 252 g/mol. The van der Waals surface area contributed by atoms with Crippen LogP contribution >= 0.6 is 0 Å². The fraction of sp³-hybridized carbons (Fsp3) is 0.462. The zero-order chi connectivity index (χ0) is 13.5. The van der Waals surface area contributed by atoms with E-state index in [0.717, 1.165) is 5.56 Å². The van der Waals surface area contributed by atoms with E-state index in [0.29, 0.717) is 24.6 Å². The van der Waals surface area contributed by atoms with Crippen LogP contribution in [0.4, 0.5) is 11.4 Å². The van der Waals surface area contributed by atoms with Crippen LogP contribution in [-0.4, -0.2) is 32.3 Å². The molecule has 0 aliphatic carbocycles. The number of nitrogens with one attached hydrogen (secondary N) is 1. The van der Waals surface area contributed by atoms with E-state index in [2.05, 4.69) is 5.32 Å². The predicted octanol–water partition coefficient (Wildman–Crippen LogP) is 1.57. The van der Waals surface area contributed by atoms with Gasteiger partial charge in [0.05, 0.1) is 13.2 Å². The second-order valence-corrected chi connectivity index (χ2v) is 4.01. The molecule has 1 aromatic carbocycles. The van der Waals surface area contributed by atoms with Crippen LogP contribution in [0.5, 0.6) is 0 Å². The Kier molecular flexibility index (Phi) is 5.61. The van der Waals surface area contributed by atoms with E-state index in [1.54, 1.807) is 26.2 Å². The minimum Gasteiger partial charge on any atom is -0.398 e. The maximum atomic E-state index is 11.9. The molecule has 0 bridgehead atoms. The topological polar surface area (TPSA) is 73.6 Å². The number of nitrogen functional groups attached to an aromatic ring is 1. The maximum Gasteiger partial charge on any atom is 0.253 e. The molecule has 0 spiro atoms. The first-order valence-corrected chi connectivity index (χ1v) is 5.82. The summed E-state index contributed by atoms with van der Waals surface area (Å²) in [5.41, 5.74) is 7.99. The van der Waals surface area contributed by atoms with Crippen LogP contribution in [0.1, 0.15) is 12.5 Å². The summed E-state index contributed by atoms with van der Waals surface area (Å²) in [6, 6.07) is 5.41. The third-order valence-electron chi connectivity index (χ3n) is 2.66. The molecule has 1 amide bonds. The van der Waals surface area contributed by atoms with Crippen molar-refractivity contribution in [1.82, 2.24) is 0 Å². The van der Waals surface area contributed by atoms with Crippen LogP contribution in [0.3, 0.4) is 0 Å². The summed E-state index contributed by atoms with van der Waals surface area (Å²) < 4.78 is 10.2. The summed E-state index contributed by atoms with van der Waals surface area (Å²) in [6.45, 7) is 4.42. The van der Waals surface area contributed by atoms with Gasteiger partial charge in [0.2, 0.25) is 0 Å². The van der Waals surface area contributed by atoms with E-state index < -0.39 is 6.10 Å². The van der Waals surface area contributed by atoms with Gasteiger partial charge in [-0.15, -0.1) is 0 Å². The highest BCUT2D eigenvalue weighted by molar-refractivity contribution is 5.95. The van der Waals surface area contributed by atoms with Gasteiger partial charge in [-0.3, -0.25) is 4.79 Å². The van der Waals surface area contributed by atoms with Crippen LogP contribution < -0.4 is 11.1 Å². The van der Waals surface area contributed by atoms with Crippen LogP contribution in [0.15, 0.2) is 18.2 Å². The lowest BCUT2D eigenvalue weighted by molar-refractivity contribution is -0.127. The molecule has 0 fully saturated rings. The smallest absolute Gasteiger partial charge is 0.253 e. The highest BCUT2D eigenvalue weighted by atomic mass is 16.5. The van der Waals surface area contributed by atoms with Gasteiger partial charge in [-0.05, 0) is 31.5 Å². The van der Waals surface area contributed by atoms with Crippen LogP contribution in [0.25, 0.3) is 0 Å². The fourth-order valence-corrected chi connectivity index (χ4v) is 1.41. The lowest BCUT2D eigenvalue weighted by Gasteiger charge is -2.15. The number of hydrogen-bond acceptors (Lipinski definition) is 4. The number of ether oxygens (including phenoxy) is 2. The molecule has 0 aliphatic heterocycles. The van der Waals surface area contributed by atoms with Crippen LogP contribution in [0, 0.1) is 6.92 Å². The number of benzene rings is 1. The van der Waals surface area contributed by atoms with Crippen molar-refractivity contribution >= 4 is 17.3 Å². The van der Waals surface area contributed by atoms with E-state index in [9.17, 15) is 4.79 Å². The number of rotatable bonds is 6. The summed E-state index contributed by atoms with van der Waals surface area (Å²) in [5.74, 6) is -0.195. The number of carbonyl (C=O) groups excluding carboxylic acids is 1. The summed E-state index contributed by atoms with van der Waals surface area (Å²) in [4.78, 5) is 11.9. The Bertz CT molecular complexity index is 407. The highest BCUT2D eigenvalue weighted by Gasteiger charge is 2.14. The molecule has 1 aromatic rings. The Labute approximate surface area is 107 Å². The van der Waals surface area contributed by atoms with Crippen molar-refractivity contribution < 1.29 is 14.3 Å². The first kappa shape index (κ1) is 14.5. The lowest BCUT2D eigenvalue weighted by Crippen LogP contribution is -2.29. The van der Waals surface area contributed by atoms with Gasteiger partial charge in [-0.25, -0.2) is 0 Å². The first-order chi connectivity index (χ1) is 8.56. The molecule has 0 aliphatic rings. The zero-order valence-corrected chi connectivity index (χ0v) is 11.0. The van der Waals surface area contributed by atoms with Gasteiger partial charge in [0.1, 0.15) is 6.10 Å². The van der Waals surface area contributed by atoms with Gasteiger partial charge in [0, 0.05) is 18.5 Å². The number of methoxy groups -OCH3 is 1. The van der Waals surface area contributed by atoms with E-state index >= 15 is 0 Å². The quantitative estimate of drug-likeness (QED) is 0.595. The molecule has 1 atom stereocenters. The first-order valence-electron chi connectivity index (χ1n) is 5.82. The summed E-state index contributed by atoms with van der Waals surface area (Å²) in [7, 11) is 1.59. The Morgan fingerprint density at radius 3 is 2.83 bits per heavy atom. The third kappa shape index (κ3) is 4.01. The molecule has 0 heterocycles. The lowest BCUT2D eigenvalue weighted by atomic mass is 10.1. The normalized spacial score (nSPS) is 12.2. The molecular weight excluding hydrogens is 232 g/mol. The van der Waals surface area contributed by atoms with Gasteiger partial charge in [0.25, 0.3) is 5.91 Å². The fourth-order valence-electron chi connectivity index (χ4n) is 1.41. The van der Waals surface area contributed by atoms with Crippen molar-refractivity contribution in [3.8, 4) is 0 Å². The molecule has 5 heteroatoms. The zero-order valence-electron chi connectivity index (χ0n) is 11.0. The Morgan fingerprint density at radius 2 is 2.17 bits per heavy atom. The molecule has 1 rings (SSSR count). The van der Waals surface area contributed by atoms with Gasteiger partial charge < -0.3 is 20.5 Å². The van der Waals surface area contributed by atoms with Crippen molar-refractivity contribution in [2.75, 3.05) is 31.4 Å². The standard InChI is InChI=1S/C13H20N2O3/c1-9-11(14)5-4-6-12(9)15-13(16)10(2)18-8-7-17-3/h4-6,10H,7-8,14H2,1-3H3,(H,15,16). The monoisotopic (exact) mass is 252 g/mol. The average Bonchev–Trinajstić information content (AvgIpc) is 2.35. The molecular formula is C13H20N2O3. The largest absolute Gasteiger partial charge is 0.398 e. The Morgan fingerprint density at radius 1 is 1.44 bits per heavy atom. The van der Waals surface area contributed by atoms with Gasteiger partial charge >= 0.3 is 0 Å². The molecule has 18 heavy (non-hydrogen) atoms. The van der Waals surface area contributed by atoms with Gasteiger partial charge in [-0.1, -0.05) is 6.07 Å². The number of amides is 1. The maximum absolute atomic E-state index is 11.9. The number of carbonyl (C=O) groups is 1. The molecule has 1 unspecified atom stereocenters. The van der Waals surface area contributed by atoms with Crippen LogP contribution in [0.2, 0.25) is 0 Å². The molecule has 0 aromatic heterocycles. The minimum atomic E-state index is -0.527. The van der Waals surface area contributed by atoms with E-state index in [-0.39, 0.29) is 5.91 Å². The predicted molar refractivity (Wildman–Crippen MR) is 71.5 cm³/mol. The van der Waals surface area contributed by atoms with E-state index in [4.69, 9.17) is 15.2 Å². The van der Waals surface area contributed by atoms with Crippen molar-refractivity contribution in [2.24, 2.45) is 0 Å². The molecule has 3 N–H and O–H groups in total. The van der Waals surface area contributed by atoms with Crippen molar-refractivity contribution in [3.05, 3.63) is 23.8 Å². The SMILES string of the molecule is COCCOC(C)C(=O)Nc1cccc(N)c1C. The summed E-state index contributed by atoms with van der Waals surface area (Å²) in [6.07, 6.45) is -0.527. The number of nitrogens with two attached hydrogens (primary N) is 1. The second-order valence-electron chi connectivity index (χ2n) is 4.01. The number of hydrogen-bond donors (Lipinski definition) is 2. The Balaban J connectivity index is 2.56. The Hall–Kier alpha value is -1.59. The molecule has 0 saturated heterocycles. The van der Waals surface area contributed by atoms with E-state index in [1.165, 1.54) is 0 Å². The third-order valence-corrected chi connectivity index (χ3v) is 2.66. The molecule has 100 valence electrons. The van der Waals surface area contributed by atoms with Gasteiger partial charge in [-0.2, -0.15) is 0 Å². The van der Waals surface area contributed by atoms with Crippen molar-refractivity contribution in [2.45, 2.75) is 20.0 Å². The van der Waals surface area contributed by atoms with Crippen molar-refractivity contribution in [1.29, 1.82) is 0 Å². The minimum absolute atomic E-state index is 0.195. The highest BCUT2D eigenvalue weighted by Crippen LogP contribution is 2.20. The molecule has 5 nitrogen and oxygen atoms in total. The van der Waals surface area contributed by atoms with Gasteiger partial charge in [0.15, 0.2) is 0 Å².